The third kappa shape index (κ3) is 5.02. The molecule has 0 aromatic heterocycles. The van der Waals surface area contributed by atoms with Crippen molar-refractivity contribution in [3.05, 3.63) is 69.2 Å². The first-order valence-electron chi connectivity index (χ1n) is 10.2. The number of imide groups is 1. The normalized spacial score (nSPS) is 18.2. The number of rotatable bonds is 5. The molecule has 0 radical (unpaired) electrons. The molecule has 2 unspecified atom stereocenters. The maximum atomic E-state index is 13.0. The molecule has 6 nitrogen and oxygen atoms in total. The summed E-state index contributed by atoms with van der Waals surface area (Å²) >= 11 is 5.96. The molecule has 1 saturated carbocycles. The number of carbonyl (C=O) groups is 4. The van der Waals surface area contributed by atoms with E-state index in [2.05, 4.69) is 10.6 Å². The summed E-state index contributed by atoms with van der Waals surface area (Å²) in [5.41, 5.74) is 3.98. The van der Waals surface area contributed by atoms with Crippen LogP contribution in [0.15, 0.2) is 36.4 Å². The number of Topliss-reactive ketones (excluding diaryl/α,β-unsaturated/α-hetero) is 2. The molecule has 7 heteroatoms. The first kappa shape index (κ1) is 22.7. The van der Waals surface area contributed by atoms with Gasteiger partial charge in [-0.15, -0.1) is 0 Å². The highest BCUT2D eigenvalue weighted by Crippen LogP contribution is 2.37. The van der Waals surface area contributed by atoms with Gasteiger partial charge in [0.25, 0.3) is 5.91 Å². The first-order valence-corrected chi connectivity index (χ1v) is 10.5. The molecule has 0 saturated heterocycles. The maximum absolute atomic E-state index is 13.0. The Morgan fingerprint density at radius 2 is 1.71 bits per heavy atom. The summed E-state index contributed by atoms with van der Waals surface area (Å²) in [5.74, 6) is -1.98. The Balaban J connectivity index is 1.57. The van der Waals surface area contributed by atoms with Crippen molar-refractivity contribution in [2.45, 2.75) is 39.5 Å². The molecule has 2 aromatic carbocycles. The van der Waals surface area contributed by atoms with Gasteiger partial charge in [0.05, 0.1) is 10.6 Å². The van der Waals surface area contributed by atoms with Crippen LogP contribution in [0, 0.1) is 26.7 Å². The number of benzene rings is 2. The summed E-state index contributed by atoms with van der Waals surface area (Å²) in [6.45, 7) is 6.00. The van der Waals surface area contributed by atoms with Gasteiger partial charge in [0.2, 0.25) is 0 Å². The van der Waals surface area contributed by atoms with Gasteiger partial charge < -0.3 is 5.32 Å². The van der Waals surface area contributed by atoms with E-state index < -0.39 is 23.8 Å². The van der Waals surface area contributed by atoms with Crippen molar-refractivity contribution in [3.8, 4) is 0 Å². The minimum absolute atomic E-state index is 0.0802. The van der Waals surface area contributed by atoms with E-state index in [1.807, 2.05) is 32.9 Å². The maximum Gasteiger partial charge on any atom is 0.321 e. The lowest BCUT2D eigenvalue weighted by Crippen LogP contribution is -2.40. The van der Waals surface area contributed by atoms with E-state index in [1.54, 1.807) is 18.2 Å². The first-order chi connectivity index (χ1) is 14.7. The Hall–Kier alpha value is -2.99. The second kappa shape index (κ2) is 9.43. The molecule has 1 aliphatic rings. The Morgan fingerprint density at radius 3 is 2.35 bits per heavy atom. The lowest BCUT2D eigenvalue weighted by Gasteiger charge is -2.16. The fourth-order valence-corrected chi connectivity index (χ4v) is 4.49. The van der Waals surface area contributed by atoms with Gasteiger partial charge in [-0.3, -0.25) is 19.7 Å². The van der Waals surface area contributed by atoms with E-state index in [-0.39, 0.29) is 35.1 Å². The van der Waals surface area contributed by atoms with Crippen LogP contribution < -0.4 is 10.6 Å². The van der Waals surface area contributed by atoms with Crippen molar-refractivity contribution >= 4 is 35.1 Å². The predicted octanol–water partition coefficient (Wildman–Crippen LogP) is 4.04. The second-order valence-corrected chi connectivity index (χ2v) is 8.40. The van der Waals surface area contributed by atoms with Gasteiger partial charge in [0.15, 0.2) is 5.78 Å². The molecule has 3 rings (SSSR count). The standard InChI is InChI=1S/C24H25ClN2O4/c1-13-10-14(2)20(15(3)11-13)21-19(28)12-16(22(21)29)8-9-26-24(31)27-23(30)17-6-4-5-7-18(17)25/h4-7,10-11,16,21H,8-9,12H2,1-3H3,(H2,26,27,30,31). The highest BCUT2D eigenvalue weighted by atomic mass is 35.5. The van der Waals surface area contributed by atoms with Crippen LogP contribution in [0.4, 0.5) is 4.79 Å². The predicted molar refractivity (Wildman–Crippen MR) is 118 cm³/mol. The number of aryl methyl sites for hydroxylation is 3. The van der Waals surface area contributed by atoms with Gasteiger partial charge in [-0.2, -0.15) is 0 Å². The van der Waals surface area contributed by atoms with Gasteiger partial charge in [0.1, 0.15) is 11.7 Å². The van der Waals surface area contributed by atoms with Crippen LogP contribution in [0.1, 0.15) is 51.4 Å². The number of halogens is 1. The van der Waals surface area contributed by atoms with Gasteiger partial charge >= 0.3 is 6.03 Å². The second-order valence-electron chi connectivity index (χ2n) is 7.99. The van der Waals surface area contributed by atoms with Crippen LogP contribution in [-0.2, 0) is 9.59 Å². The summed E-state index contributed by atoms with van der Waals surface area (Å²) in [4.78, 5) is 49.8. The summed E-state index contributed by atoms with van der Waals surface area (Å²) in [7, 11) is 0. The fraction of sp³-hybridized carbons (Fsp3) is 0.333. The van der Waals surface area contributed by atoms with Gasteiger partial charge in [0, 0.05) is 18.9 Å². The summed E-state index contributed by atoms with van der Waals surface area (Å²) < 4.78 is 0. The van der Waals surface area contributed by atoms with Gasteiger partial charge in [-0.05, 0) is 56.0 Å². The van der Waals surface area contributed by atoms with Crippen molar-refractivity contribution in [2.75, 3.05) is 6.54 Å². The molecule has 2 atom stereocenters. The van der Waals surface area contributed by atoms with E-state index in [0.29, 0.717) is 6.42 Å². The number of amides is 3. The third-order valence-electron chi connectivity index (χ3n) is 5.61. The topological polar surface area (TPSA) is 92.3 Å². The molecule has 0 heterocycles. The van der Waals surface area contributed by atoms with Crippen LogP contribution in [0.5, 0.6) is 0 Å². The van der Waals surface area contributed by atoms with Crippen molar-refractivity contribution < 1.29 is 19.2 Å². The average Bonchev–Trinajstić information content (AvgIpc) is 2.95. The molecule has 31 heavy (non-hydrogen) atoms. The highest BCUT2D eigenvalue weighted by molar-refractivity contribution is 6.34. The summed E-state index contributed by atoms with van der Waals surface area (Å²) in [5, 5.41) is 5.03. The van der Waals surface area contributed by atoms with Crippen molar-refractivity contribution in [3.63, 3.8) is 0 Å². The molecule has 0 bridgehead atoms. The minimum Gasteiger partial charge on any atom is -0.338 e. The van der Waals surface area contributed by atoms with Crippen molar-refractivity contribution in [1.29, 1.82) is 0 Å². The number of urea groups is 1. The highest BCUT2D eigenvalue weighted by Gasteiger charge is 2.42. The molecular formula is C24H25ClN2O4. The average molecular weight is 441 g/mol. The molecule has 0 aliphatic heterocycles. The van der Waals surface area contributed by atoms with Gasteiger partial charge in [-0.1, -0.05) is 41.4 Å². The zero-order chi connectivity index (χ0) is 22.7. The van der Waals surface area contributed by atoms with Crippen molar-refractivity contribution in [1.82, 2.24) is 10.6 Å². The van der Waals surface area contributed by atoms with E-state index in [1.165, 1.54) is 6.07 Å². The number of nitrogens with one attached hydrogen (secondary N) is 2. The Kier molecular flexibility index (Phi) is 6.91. The summed E-state index contributed by atoms with van der Waals surface area (Å²) in [6, 6.07) is 9.70. The Labute approximate surface area is 186 Å². The lowest BCUT2D eigenvalue weighted by atomic mass is 9.86. The summed E-state index contributed by atoms with van der Waals surface area (Å²) in [6.07, 6.45) is 0.497. The van der Waals surface area contributed by atoms with E-state index in [9.17, 15) is 19.2 Å². The zero-order valence-corrected chi connectivity index (χ0v) is 18.5. The van der Waals surface area contributed by atoms with Crippen LogP contribution in [-0.4, -0.2) is 30.0 Å². The smallest absolute Gasteiger partial charge is 0.321 e. The lowest BCUT2D eigenvalue weighted by molar-refractivity contribution is -0.124. The van der Waals surface area contributed by atoms with Crippen molar-refractivity contribution in [2.24, 2.45) is 5.92 Å². The van der Waals surface area contributed by atoms with E-state index in [0.717, 1.165) is 22.3 Å². The molecule has 0 spiro atoms. The SMILES string of the molecule is Cc1cc(C)c(C2C(=O)CC(CCNC(=O)NC(=O)c3ccccc3Cl)C2=O)c(C)c1. The number of ketones is 2. The van der Waals surface area contributed by atoms with Crippen LogP contribution in [0.25, 0.3) is 0 Å². The fourth-order valence-electron chi connectivity index (χ4n) is 4.27. The van der Waals surface area contributed by atoms with Crippen LogP contribution in [0.3, 0.4) is 0 Å². The van der Waals surface area contributed by atoms with Crippen LogP contribution >= 0.6 is 11.6 Å². The van der Waals surface area contributed by atoms with Crippen LogP contribution in [0.2, 0.25) is 5.02 Å². The molecule has 2 aromatic rings. The minimum atomic E-state index is -0.735. The van der Waals surface area contributed by atoms with Gasteiger partial charge in [-0.25, -0.2) is 4.79 Å². The number of hydrogen-bond donors (Lipinski definition) is 2. The quantitative estimate of drug-likeness (QED) is 0.686. The molecule has 3 amide bonds. The third-order valence-corrected chi connectivity index (χ3v) is 5.94. The molecule has 1 fully saturated rings. The zero-order valence-electron chi connectivity index (χ0n) is 17.8. The monoisotopic (exact) mass is 440 g/mol. The molecule has 162 valence electrons. The molecule has 2 N–H and O–H groups in total. The number of hydrogen-bond acceptors (Lipinski definition) is 4. The largest absolute Gasteiger partial charge is 0.338 e. The molecular weight excluding hydrogens is 416 g/mol. The van der Waals surface area contributed by atoms with E-state index >= 15 is 0 Å². The number of carbonyl (C=O) groups excluding carboxylic acids is 4. The Morgan fingerprint density at radius 1 is 1.06 bits per heavy atom. The Bertz CT molecular complexity index is 1040. The van der Waals surface area contributed by atoms with E-state index in [4.69, 9.17) is 11.6 Å². The molecule has 1 aliphatic carbocycles.